The van der Waals surface area contributed by atoms with Gasteiger partial charge in [-0.05, 0) is 54.8 Å². The minimum atomic E-state index is -0.193. The van der Waals surface area contributed by atoms with E-state index in [-0.39, 0.29) is 5.91 Å². The van der Waals surface area contributed by atoms with Crippen LogP contribution in [0.2, 0.25) is 0 Å². The molecule has 2 aromatic heterocycles. The maximum atomic E-state index is 13.4. The first kappa shape index (κ1) is 24.1. The fourth-order valence-corrected chi connectivity index (χ4v) is 4.37. The van der Waals surface area contributed by atoms with Crippen LogP contribution < -0.4 is 15.4 Å². The van der Waals surface area contributed by atoms with Crippen molar-refractivity contribution in [3.05, 3.63) is 113 Å². The van der Waals surface area contributed by atoms with Crippen molar-refractivity contribution in [2.75, 3.05) is 12.4 Å². The number of rotatable bonds is 8. The summed E-state index contributed by atoms with van der Waals surface area (Å²) < 4.78 is 7.10. The van der Waals surface area contributed by atoms with Crippen molar-refractivity contribution in [2.24, 2.45) is 0 Å². The molecule has 0 spiro atoms. The van der Waals surface area contributed by atoms with Crippen LogP contribution in [-0.2, 0) is 13.1 Å². The average molecular weight is 492 g/mol. The van der Waals surface area contributed by atoms with E-state index in [0.29, 0.717) is 30.0 Å². The van der Waals surface area contributed by atoms with Gasteiger partial charge in [-0.1, -0.05) is 54.6 Å². The van der Waals surface area contributed by atoms with E-state index in [9.17, 15) is 4.79 Å². The lowest BCUT2D eigenvalue weighted by Gasteiger charge is -2.15. The van der Waals surface area contributed by atoms with E-state index in [2.05, 4.69) is 10.6 Å². The fraction of sp³-hybridized carbons (Fsp3) is 0.167. The molecule has 0 unspecified atom stereocenters. The van der Waals surface area contributed by atoms with Crippen LogP contribution in [0.5, 0.6) is 5.75 Å². The molecule has 0 atom stereocenters. The van der Waals surface area contributed by atoms with Gasteiger partial charge >= 0.3 is 0 Å². The van der Waals surface area contributed by atoms with E-state index in [1.165, 1.54) is 0 Å². The third-order valence-corrected chi connectivity index (χ3v) is 6.45. The number of nitrogens with one attached hydrogen (secondary N) is 2. The second-order valence-electron chi connectivity index (χ2n) is 8.89. The highest BCUT2D eigenvalue weighted by Gasteiger charge is 2.21. The Balaban J connectivity index is 1.53. The molecule has 1 amide bonds. The highest BCUT2D eigenvalue weighted by molar-refractivity contribution is 6.07. The highest BCUT2D eigenvalue weighted by Crippen LogP contribution is 2.31. The van der Waals surface area contributed by atoms with Crippen molar-refractivity contribution in [1.82, 2.24) is 20.1 Å². The number of amides is 1. The van der Waals surface area contributed by atoms with Crippen LogP contribution in [0.1, 0.15) is 32.7 Å². The van der Waals surface area contributed by atoms with Crippen LogP contribution in [0.3, 0.4) is 0 Å². The zero-order valence-electron chi connectivity index (χ0n) is 21.2. The van der Waals surface area contributed by atoms with Gasteiger partial charge in [0, 0.05) is 19.3 Å². The van der Waals surface area contributed by atoms with E-state index in [0.717, 1.165) is 39.2 Å². The van der Waals surface area contributed by atoms with E-state index >= 15 is 0 Å². The van der Waals surface area contributed by atoms with E-state index in [1.54, 1.807) is 13.3 Å². The van der Waals surface area contributed by atoms with Crippen LogP contribution in [0.4, 0.5) is 5.69 Å². The molecular formula is C30H29N5O2. The van der Waals surface area contributed by atoms with Gasteiger partial charge in [-0.3, -0.25) is 4.79 Å². The zero-order valence-corrected chi connectivity index (χ0v) is 21.2. The third-order valence-electron chi connectivity index (χ3n) is 6.45. The first-order chi connectivity index (χ1) is 18.0. The smallest absolute Gasteiger partial charge is 0.255 e. The lowest BCUT2D eigenvalue weighted by Crippen LogP contribution is -2.24. The summed E-state index contributed by atoms with van der Waals surface area (Å²) in [7, 11) is 1.65. The predicted molar refractivity (Wildman–Crippen MR) is 146 cm³/mol. The van der Waals surface area contributed by atoms with Gasteiger partial charge in [0.1, 0.15) is 5.75 Å². The first-order valence-electron chi connectivity index (χ1n) is 12.2. The molecule has 7 heteroatoms. The SMILES string of the molecule is COc1ccc(CNc2c(C(=O)NCc3ccccc3C)cnc3c2c(C)nn3-c2ccccc2)cc1. The van der Waals surface area contributed by atoms with E-state index in [1.807, 2.05) is 97.4 Å². The van der Waals surface area contributed by atoms with Crippen LogP contribution in [0, 0.1) is 13.8 Å². The molecule has 0 radical (unpaired) electrons. The second-order valence-corrected chi connectivity index (χ2v) is 8.89. The van der Waals surface area contributed by atoms with E-state index in [4.69, 9.17) is 14.8 Å². The molecule has 37 heavy (non-hydrogen) atoms. The van der Waals surface area contributed by atoms with Crippen molar-refractivity contribution in [3.8, 4) is 11.4 Å². The molecule has 0 bridgehead atoms. The number of pyridine rings is 1. The number of hydrogen-bond donors (Lipinski definition) is 2. The summed E-state index contributed by atoms with van der Waals surface area (Å²) in [6, 6.07) is 25.8. The number of aromatic nitrogens is 3. The zero-order chi connectivity index (χ0) is 25.8. The van der Waals surface area contributed by atoms with Crippen molar-refractivity contribution in [2.45, 2.75) is 26.9 Å². The summed E-state index contributed by atoms with van der Waals surface area (Å²) in [6.45, 7) is 4.94. The number of benzene rings is 3. The lowest BCUT2D eigenvalue weighted by atomic mass is 10.1. The number of hydrogen-bond acceptors (Lipinski definition) is 5. The van der Waals surface area contributed by atoms with Crippen molar-refractivity contribution < 1.29 is 9.53 Å². The molecule has 5 rings (SSSR count). The summed E-state index contributed by atoms with van der Waals surface area (Å²) in [6.07, 6.45) is 1.63. The van der Waals surface area contributed by atoms with Crippen LogP contribution in [-0.4, -0.2) is 27.8 Å². The number of nitrogens with zero attached hydrogens (tertiary/aromatic N) is 3. The van der Waals surface area contributed by atoms with Gasteiger partial charge in [0.15, 0.2) is 5.65 Å². The molecule has 2 N–H and O–H groups in total. The Morgan fingerprint density at radius 3 is 2.38 bits per heavy atom. The number of carbonyl (C=O) groups is 1. The summed E-state index contributed by atoms with van der Waals surface area (Å²) >= 11 is 0. The second kappa shape index (κ2) is 10.5. The molecular weight excluding hydrogens is 462 g/mol. The molecule has 3 aromatic carbocycles. The van der Waals surface area contributed by atoms with Gasteiger partial charge in [0.05, 0.1) is 35.1 Å². The van der Waals surface area contributed by atoms with Gasteiger partial charge in [0.2, 0.25) is 0 Å². The average Bonchev–Trinajstić information content (AvgIpc) is 3.28. The molecule has 2 heterocycles. The predicted octanol–water partition coefficient (Wildman–Crippen LogP) is 5.59. The molecule has 186 valence electrons. The highest BCUT2D eigenvalue weighted by atomic mass is 16.5. The number of aryl methyl sites for hydroxylation is 2. The lowest BCUT2D eigenvalue weighted by molar-refractivity contribution is 0.0951. The largest absolute Gasteiger partial charge is 0.497 e. The molecule has 0 fully saturated rings. The number of carbonyl (C=O) groups excluding carboxylic acids is 1. The normalized spacial score (nSPS) is 10.9. The van der Waals surface area contributed by atoms with Crippen molar-refractivity contribution in [1.29, 1.82) is 0 Å². The molecule has 0 saturated carbocycles. The minimum Gasteiger partial charge on any atom is -0.497 e. The summed E-state index contributed by atoms with van der Waals surface area (Å²) in [5.74, 6) is 0.605. The molecule has 5 aromatic rings. The Hall–Kier alpha value is -4.65. The number of fused-ring (bicyclic) bond motifs is 1. The Labute approximate surface area is 216 Å². The van der Waals surface area contributed by atoms with Gasteiger partial charge < -0.3 is 15.4 Å². The quantitative estimate of drug-likeness (QED) is 0.296. The number of para-hydroxylation sites is 1. The summed E-state index contributed by atoms with van der Waals surface area (Å²) in [5, 5.41) is 12.2. The summed E-state index contributed by atoms with van der Waals surface area (Å²) in [5.41, 5.74) is 6.85. The Morgan fingerprint density at radius 2 is 1.65 bits per heavy atom. The number of anilines is 1. The summed E-state index contributed by atoms with van der Waals surface area (Å²) in [4.78, 5) is 18.1. The fourth-order valence-electron chi connectivity index (χ4n) is 4.37. The van der Waals surface area contributed by atoms with Crippen LogP contribution >= 0.6 is 0 Å². The maximum absolute atomic E-state index is 13.4. The Bertz CT molecular complexity index is 1540. The van der Waals surface area contributed by atoms with Gasteiger partial charge in [-0.15, -0.1) is 0 Å². The standard InChI is InChI=1S/C30H29N5O2/c1-20-9-7-8-10-23(20)18-33-30(36)26-19-32-29-27(21(2)34-35(29)24-11-5-4-6-12-24)28(26)31-17-22-13-15-25(37-3)16-14-22/h4-16,19H,17-18H2,1-3H3,(H,31,32)(H,33,36). The maximum Gasteiger partial charge on any atom is 0.255 e. The third kappa shape index (κ3) is 5.02. The molecule has 0 aliphatic carbocycles. The Kier molecular flexibility index (Phi) is 6.85. The number of methoxy groups -OCH3 is 1. The van der Waals surface area contributed by atoms with Gasteiger partial charge in [0.25, 0.3) is 5.91 Å². The molecule has 0 saturated heterocycles. The molecule has 0 aliphatic heterocycles. The molecule has 0 aliphatic rings. The number of ether oxygens (including phenoxy) is 1. The Morgan fingerprint density at radius 1 is 0.919 bits per heavy atom. The van der Waals surface area contributed by atoms with Crippen molar-refractivity contribution >= 4 is 22.6 Å². The minimum absolute atomic E-state index is 0.193. The van der Waals surface area contributed by atoms with Gasteiger partial charge in [-0.2, -0.15) is 5.10 Å². The topological polar surface area (TPSA) is 81.1 Å². The van der Waals surface area contributed by atoms with Crippen molar-refractivity contribution in [3.63, 3.8) is 0 Å². The van der Waals surface area contributed by atoms with Crippen LogP contribution in [0.25, 0.3) is 16.7 Å². The van der Waals surface area contributed by atoms with Crippen LogP contribution in [0.15, 0.2) is 85.1 Å². The van der Waals surface area contributed by atoms with Gasteiger partial charge in [-0.25, -0.2) is 9.67 Å². The monoisotopic (exact) mass is 491 g/mol. The first-order valence-corrected chi connectivity index (χ1v) is 12.2. The van der Waals surface area contributed by atoms with E-state index < -0.39 is 0 Å². The molecule has 7 nitrogen and oxygen atoms in total.